The van der Waals surface area contributed by atoms with E-state index in [-0.39, 0.29) is 0 Å². The van der Waals surface area contributed by atoms with Crippen molar-refractivity contribution in [2.24, 2.45) is 0 Å². The number of hydrogen-bond acceptors (Lipinski definition) is 1. The second-order valence-corrected chi connectivity index (χ2v) is 14.0. The smallest absolute Gasteiger partial charge is 0.197 e. The Morgan fingerprint density at radius 2 is 0.945 bits per heavy atom. The molecule has 0 radical (unpaired) electrons. The van der Waals surface area contributed by atoms with Crippen LogP contribution in [0.4, 0.5) is 5.69 Å². The Balaban J connectivity index is 1.10. The molecule has 0 spiro atoms. The first-order valence-corrected chi connectivity index (χ1v) is 18.3. The number of benzene rings is 8. The van der Waals surface area contributed by atoms with E-state index in [2.05, 4.69) is 164 Å². The van der Waals surface area contributed by atoms with Crippen molar-refractivity contribution < 1.29 is 0 Å². The molecule has 0 aliphatic carbocycles. The van der Waals surface area contributed by atoms with Crippen LogP contribution in [0, 0.1) is 17.9 Å². The summed E-state index contributed by atoms with van der Waals surface area (Å²) in [5, 5.41) is 17.2. The molecule has 11 aromatic rings. The van der Waals surface area contributed by atoms with Crippen LogP contribution in [0.2, 0.25) is 0 Å². The van der Waals surface area contributed by atoms with E-state index in [9.17, 15) is 5.26 Å². The Morgan fingerprint density at radius 3 is 1.64 bits per heavy atom. The van der Waals surface area contributed by atoms with Gasteiger partial charge >= 0.3 is 0 Å². The Hall–Kier alpha value is -7.86. The number of nitriles is 1. The lowest BCUT2D eigenvalue weighted by Crippen LogP contribution is -1.99. The van der Waals surface area contributed by atoms with Crippen LogP contribution in [0.1, 0.15) is 5.56 Å². The second kappa shape index (κ2) is 11.8. The average molecular weight is 700 g/mol. The minimum atomic E-state index is 0.600. The van der Waals surface area contributed by atoms with Crippen LogP contribution in [0.5, 0.6) is 0 Å². The fourth-order valence-electron chi connectivity index (χ4n) is 8.75. The van der Waals surface area contributed by atoms with E-state index >= 15 is 0 Å². The molecule has 0 saturated carbocycles. The lowest BCUT2D eigenvalue weighted by Gasteiger charge is -2.14. The summed E-state index contributed by atoms with van der Waals surface area (Å²) in [7, 11) is 0. The summed E-state index contributed by atoms with van der Waals surface area (Å²) < 4.78 is 6.84. The van der Waals surface area contributed by atoms with Crippen LogP contribution < -0.4 is 0 Å². The van der Waals surface area contributed by atoms with E-state index in [1.807, 2.05) is 36.4 Å². The van der Waals surface area contributed by atoms with E-state index < -0.39 is 0 Å². The van der Waals surface area contributed by atoms with Crippen LogP contribution in [-0.4, -0.2) is 13.7 Å². The zero-order valence-electron chi connectivity index (χ0n) is 29.5. The third kappa shape index (κ3) is 4.45. The molecule has 0 unspecified atom stereocenters. The van der Waals surface area contributed by atoms with Crippen molar-refractivity contribution in [2.75, 3.05) is 0 Å². The topological polar surface area (TPSA) is 42.9 Å². The van der Waals surface area contributed by atoms with Crippen molar-refractivity contribution in [3.63, 3.8) is 0 Å². The predicted molar refractivity (Wildman–Crippen MR) is 226 cm³/mol. The molecule has 3 heterocycles. The van der Waals surface area contributed by atoms with Gasteiger partial charge in [-0.25, -0.2) is 4.85 Å². The van der Waals surface area contributed by atoms with Gasteiger partial charge in [0.05, 0.1) is 45.4 Å². The van der Waals surface area contributed by atoms with E-state index in [1.165, 1.54) is 21.8 Å². The third-order valence-electron chi connectivity index (χ3n) is 11.1. The lowest BCUT2D eigenvalue weighted by molar-refractivity contribution is 1.16. The maximum absolute atomic E-state index is 10.5. The molecule has 55 heavy (non-hydrogen) atoms. The van der Waals surface area contributed by atoms with Crippen LogP contribution in [0.15, 0.2) is 176 Å². The number of fused-ring (bicyclic) bond motifs is 9. The lowest BCUT2D eigenvalue weighted by atomic mass is 10.0. The quantitative estimate of drug-likeness (QED) is 0.169. The summed E-state index contributed by atoms with van der Waals surface area (Å²) in [5.41, 5.74) is 12.7. The fraction of sp³-hybridized carbons (Fsp3) is 0. The third-order valence-corrected chi connectivity index (χ3v) is 11.1. The minimum absolute atomic E-state index is 0.600. The summed E-state index contributed by atoms with van der Waals surface area (Å²) in [6, 6.07) is 63.7. The summed E-state index contributed by atoms with van der Waals surface area (Å²) in [6.45, 7) is 7.87. The largest absolute Gasteiger partial charge is 0.311 e. The molecule has 3 aromatic heterocycles. The fourth-order valence-corrected chi connectivity index (χ4v) is 8.75. The van der Waals surface area contributed by atoms with Crippen LogP contribution in [0.25, 0.3) is 98.5 Å². The molecule has 8 aromatic carbocycles. The van der Waals surface area contributed by atoms with Crippen molar-refractivity contribution in [1.29, 1.82) is 5.26 Å². The molecule has 5 nitrogen and oxygen atoms in total. The van der Waals surface area contributed by atoms with Crippen molar-refractivity contribution in [2.45, 2.75) is 0 Å². The van der Waals surface area contributed by atoms with Gasteiger partial charge in [-0.05, 0) is 89.3 Å². The van der Waals surface area contributed by atoms with Gasteiger partial charge in [-0.1, -0.05) is 103 Å². The number of rotatable bonds is 4. The first-order chi connectivity index (χ1) is 27.2. The summed E-state index contributed by atoms with van der Waals surface area (Å²) in [5.74, 6) is 0. The van der Waals surface area contributed by atoms with Gasteiger partial charge in [-0.2, -0.15) is 5.26 Å². The van der Waals surface area contributed by atoms with Crippen molar-refractivity contribution in [1.82, 2.24) is 13.7 Å². The van der Waals surface area contributed by atoms with Gasteiger partial charge in [0.25, 0.3) is 0 Å². The van der Waals surface area contributed by atoms with E-state index in [0.717, 1.165) is 71.8 Å². The Labute approximate surface area is 316 Å². The SMILES string of the molecule is [C-]#[N+]c1cccc2c1c1ccccc1n2-c1cccc(-c2ccc(C#N)c(-n3c4ccccc4c4cc(-n5c6ccccc6c6ccccc65)ccc43)c2)c1. The summed E-state index contributed by atoms with van der Waals surface area (Å²) in [6.07, 6.45) is 0. The molecule has 11 rings (SSSR count). The maximum atomic E-state index is 10.5. The zero-order valence-corrected chi connectivity index (χ0v) is 29.5. The predicted octanol–water partition coefficient (Wildman–Crippen LogP) is 13.1. The molecular weight excluding hydrogens is 671 g/mol. The normalized spacial score (nSPS) is 11.6. The highest BCUT2D eigenvalue weighted by molar-refractivity contribution is 6.15. The van der Waals surface area contributed by atoms with Crippen molar-refractivity contribution in [3.05, 3.63) is 193 Å². The Morgan fingerprint density at radius 1 is 0.418 bits per heavy atom. The van der Waals surface area contributed by atoms with Crippen LogP contribution >= 0.6 is 0 Å². The molecule has 0 aliphatic heterocycles. The van der Waals surface area contributed by atoms with Gasteiger partial charge in [0.2, 0.25) is 0 Å². The van der Waals surface area contributed by atoms with Gasteiger partial charge in [0.15, 0.2) is 5.69 Å². The van der Waals surface area contributed by atoms with E-state index in [0.29, 0.717) is 11.3 Å². The maximum Gasteiger partial charge on any atom is 0.197 e. The van der Waals surface area contributed by atoms with E-state index in [1.54, 1.807) is 0 Å². The molecule has 0 fully saturated rings. The van der Waals surface area contributed by atoms with Gasteiger partial charge in [-0.15, -0.1) is 0 Å². The van der Waals surface area contributed by atoms with Gasteiger partial charge in [0.1, 0.15) is 6.07 Å². The Bertz CT molecular complexity index is 3420. The highest BCUT2D eigenvalue weighted by Gasteiger charge is 2.19. The number of nitrogens with zero attached hydrogens (tertiary/aromatic N) is 5. The monoisotopic (exact) mass is 699 g/mol. The van der Waals surface area contributed by atoms with Crippen LogP contribution in [-0.2, 0) is 0 Å². The first-order valence-electron chi connectivity index (χ1n) is 18.3. The number of aromatic nitrogens is 3. The molecule has 0 atom stereocenters. The zero-order chi connectivity index (χ0) is 36.6. The average Bonchev–Trinajstić information content (AvgIpc) is 3.89. The summed E-state index contributed by atoms with van der Waals surface area (Å²) >= 11 is 0. The van der Waals surface area contributed by atoms with Crippen LogP contribution in [0.3, 0.4) is 0 Å². The molecule has 0 amide bonds. The highest BCUT2D eigenvalue weighted by Crippen LogP contribution is 2.40. The number of para-hydroxylation sites is 4. The second-order valence-electron chi connectivity index (χ2n) is 14.0. The molecular formula is C50H29N5. The van der Waals surface area contributed by atoms with E-state index in [4.69, 9.17) is 6.57 Å². The molecule has 254 valence electrons. The van der Waals surface area contributed by atoms with Crippen molar-refractivity contribution in [3.8, 4) is 34.3 Å². The summed E-state index contributed by atoms with van der Waals surface area (Å²) in [4.78, 5) is 3.86. The molecule has 0 aliphatic rings. The van der Waals surface area contributed by atoms with Gasteiger partial charge < -0.3 is 13.7 Å². The molecule has 0 N–H and O–H groups in total. The van der Waals surface area contributed by atoms with Crippen molar-refractivity contribution >= 4 is 71.1 Å². The molecule has 5 heteroatoms. The molecule has 0 bridgehead atoms. The highest BCUT2D eigenvalue weighted by atomic mass is 15.0. The number of hydrogen-bond donors (Lipinski definition) is 0. The standard InChI is InChI=1S/C50H29N5/c1-52-42-18-11-23-48-50(42)40-17-5-9-22-46(40)54(48)35-13-10-12-32(28-35)33-24-25-34(31-51)49(29-33)55-45-21-8-4-16-39(45)41-30-36(26-27-47(41)55)53-43-19-6-2-14-37(43)38-15-3-7-20-44(38)53/h2-30H. The first kappa shape index (κ1) is 30.7. The van der Waals surface area contributed by atoms with Gasteiger partial charge in [0, 0.05) is 43.8 Å². The Kier molecular flexibility index (Phi) is 6.61. The minimum Gasteiger partial charge on any atom is -0.311 e. The van der Waals surface area contributed by atoms with Gasteiger partial charge in [-0.3, -0.25) is 0 Å². The molecule has 0 saturated heterocycles.